The molecule has 0 aliphatic carbocycles. The van der Waals surface area contributed by atoms with Crippen molar-refractivity contribution >= 4 is 17.5 Å². The van der Waals surface area contributed by atoms with Gasteiger partial charge in [0.2, 0.25) is 0 Å². The van der Waals surface area contributed by atoms with Crippen molar-refractivity contribution in [2.75, 3.05) is 7.05 Å². The Bertz CT molecular complexity index is 629. The molecule has 2 aromatic rings. The molecule has 1 amide bonds. The van der Waals surface area contributed by atoms with Crippen LogP contribution in [-0.2, 0) is 13.6 Å². The molecule has 0 saturated heterocycles. The number of carbonyl (C=O) groups is 1. The van der Waals surface area contributed by atoms with Crippen LogP contribution >= 0.6 is 11.6 Å². The van der Waals surface area contributed by atoms with E-state index in [2.05, 4.69) is 5.10 Å². The Hall–Kier alpha value is -1.81. The van der Waals surface area contributed by atoms with Gasteiger partial charge < -0.3 is 4.90 Å². The number of aryl methyl sites for hydroxylation is 3. The molecule has 0 saturated carbocycles. The molecule has 4 nitrogen and oxygen atoms in total. The van der Waals surface area contributed by atoms with Crippen LogP contribution in [0.2, 0.25) is 5.02 Å². The average Bonchev–Trinajstić information content (AvgIpc) is 2.70. The van der Waals surface area contributed by atoms with Gasteiger partial charge in [-0.1, -0.05) is 29.3 Å². The molecule has 0 N–H and O–H groups in total. The molecular weight excluding hydrogens is 274 g/mol. The summed E-state index contributed by atoms with van der Waals surface area (Å²) in [7, 11) is 3.58. The molecule has 0 aliphatic rings. The number of halogens is 1. The number of aromatic nitrogens is 2. The summed E-state index contributed by atoms with van der Waals surface area (Å²) in [6, 6.07) is 5.83. The number of hydrogen-bond acceptors (Lipinski definition) is 2. The molecule has 5 heteroatoms. The van der Waals surface area contributed by atoms with Gasteiger partial charge in [-0.3, -0.25) is 9.48 Å². The van der Waals surface area contributed by atoms with E-state index in [1.54, 1.807) is 22.8 Å². The summed E-state index contributed by atoms with van der Waals surface area (Å²) in [5.41, 5.74) is 3.68. The Labute approximate surface area is 124 Å². The van der Waals surface area contributed by atoms with Gasteiger partial charge in [0.15, 0.2) is 0 Å². The maximum atomic E-state index is 12.5. The second-order valence-electron chi connectivity index (χ2n) is 5.04. The van der Waals surface area contributed by atoms with E-state index < -0.39 is 0 Å². The number of benzene rings is 1. The predicted octanol–water partition coefficient (Wildman–Crippen LogP) is 2.96. The van der Waals surface area contributed by atoms with Crippen molar-refractivity contribution in [1.82, 2.24) is 14.7 Å². The third-order valence-corrected chi connectivity index (χ3v) is 3.67. The van der Waals surface area contributed by atoms with Crippen LogP contribution in [0.15, 0.2) is 24.4 Å². The van der Waals surface area contributed by atoms with Crippen molar-refractivity contribution < 1.29 is 4.79 Å². The van der Waals surface area contributed by atoms with Gasteiger partial charge in [0.05, 0.1) is 23.5 Å². The van der Waals surface area contributed by atoms with Crippen LogP contribution in [-0.4, -0.2) is 27.6 Å². The zero-order valence-electron chi connectivity index (χ0n) is 12.1. The van der Waals surface area contributed by atoms with Crippen molar-refractivity contribution in [1.29, 1.82) is 0 Å². The molecule has 20 heavy (non-hydrogen) atoms. The number of nitrogens with zero attached hydrogens (tertiary/aromatic N) is 3. The molecule has 1 heterocycles. The van der Waals surface area contributed by atoms with Gasteiger partial charge in [0.25, 0.3) is 5.91 Å². The highest BCUT2D eigenvalue weighted by Gasteiger charge is 2.17. The highest BCUT2D eigenvalue weighted by molar-refractivity contribution is 6.31. The first kappa shape index (κ1) is 14.6. The standard InChI is InChI=1S/C15H18ClN3O/c1-10-5-6-12(11(2)7-10)15(20)18(3)9-14-13(16)8-17-19(14)4/h5-8H,9H2,1-4H3. The van der Waals surface area contributed by atoms with Crippen molar-refractivity contribution in [3.8, 4) is 0 Å². The molecule has 0 unspecified atom stereocenters. The predicted molar refractivity (Wildman–Crippen MR) is 79.9 cm³/mol. The monoisotopic (exact) mass is 291 g/mol. The highest BCUT2D eigenvalue weighted by Crippen LogP contribution is 2.18. The Morgan fingerprint density at radius 1 is 1.40 bits per heavy atom. The van der Waals surface area contributed by atoms with Gasteiger partial charge in [-0.25, -0.2) is 0 Å². The van der Waals surface area contributed by atoms with E-state index in [1.807, 2.05) is 39.1 Å². The molecule has 0 spiro atoms. The van der Waals surface area contributed by atoms with E-state index in [-0.39, 0.29) is 5.91 Å². The number of carbonyl (C=O) groups excluding carboxylic acids is 1. The van der Waals surface area contributed by atoms with Crippen LogP contribution in [0.25, 0.3) is 0 Å². The average molecular weight is 292 g/mol. The van der Waals surface area contributed by atoms with Crippen LogP contribution in [0.3, 0.4) is 0 Å². The van der Waals surface area contributed by atoms with E-state index in [4.69, 9.17) is 11.6 Å². The van der Waals surface area contributed by atoms with Crippen LogP contribution in [0.4, 0.5) is 0 Å². The first-order valence-corrected chi connectivity index (χ1v) is 6.77. The molecule has 0 aliphatic heterocycles. The SMILES string of the molecule is Cc1ccc(C(=O)N(C)Cc2c(Cl)cnn2C)c(C)c1. The van der Waals surface area contributed by atoms with Gasteiger partial charge in [-0.05, 0) is 25.5 Å². The van der Waals surface area contributed by atoms with Gasteiger partial charge in [0, 0.05) is 19.7 Å². The van der Waals surface area contributed by atoms with Crippen LogP contribution in [0.1, 0.15) is 27.2 Å². The molecule has 0 atom stereocenters. The highest BCUT2D eigenvalue weighted by atomic mass is 35.5. The Balaban J connectivity index is 2.21. The van der Waals surface area contributed by atoms with Crippen molar-refractivity contribution in [2.24, 2.45) is 7.05 Å². The fourth-order valence-electron chi connectivity index (χ4n) is 2.17. The zero-order chi connectivity index (χ0) is 14.9. The lowest BCUT2D eigenvalue weighted by molar-refractivity contribution is 0.0781. The normalized spacial score (nSPS) is 10.7. The molecule has 0 radical (unpaired) electrons. The summed E-state index contributed by atoms with van der Waals surface area (Å²) in [5.74, 6) is -0.0141. The van der Waals surface area contributed by atoms with Gasteiger partial charge in [-0.2, -0.15) is 5.10 Å². The van der Waals surface area contributed by atoms with E-state index in [0.717, 1.165) is 22.4 Å². The van der Waals surface area contributed by atoms with Crippen molar-refractivity contribution in [3.63, 3.8) is 0 Å². The summed E-state index contributed by atoms with van der Waals surface area (Å²) in [5, 5.41) is 4.65. The lowest BCUT2D eigenvalue weighted by Crippen LogP contribution is -2.28. The number of amides is 1. The Morgan fingerprint density at radius 2 is 2.10 bits per heavy atom. The lowest BCUT2D eigenvalue weighted by Gasteiger charge is -2.19. The second-order valence-corrected chi connectivity index (χ2v) is 5.45. The lowest BCUT2D eigenvalue weighted by atomic mass is 10.0. The fourth-order valence-corrected chi connectivity index (χ4v) is 2.40. The van der Waals surface area contributed by atoms with Crippen molar-refractivity contribution in [2.45, 2.75) is 20.4 Å². The van der Waals surface area contributed by atoms with Crippen LogP contribution < -0.4 is 0 Å². The Kier molecular flexibility index (Phi) is 4.14. The summed E-state index contributed by atoms with van der Waals surface area (Å²) in [4.78, 5) is 14.1. The summed E-state index contributed by atoms with van der Waals surface area (Å²) >= 11 is 6.07. The quantitative estimate of drug-likeness (QED) is 0.872. The maximum Gasteiger partial charge on any atom is 0.254 e. The smallest absolute Gasteiger partial charge is 0.254 e. The molecule has 2 rings (SSSR count). The van der Waals surface area contributed by atoms with E-state index in [9.17, 15) is 4.79 Å². The summed E-state index contributed by atoms with van der Waals surface area (Å²) in [6.07, 6.45) is 1.59. The molecule has 1 aromatic carbocycles. The van der Waals surface area contributed by atoms with Crippen LogP contribution in [0, 0.1) is 13.8 Å². The van der Waals surface area contributed by atoms with E-state index in [1.165, 1.54) is 0 Å². The molecular formula is C15H18ClN3O. The zero-order valence-corrected chi connectivity index (χ0v) is 12.9. The Morgan fingerprint density at radius 3 is 2.65 bits per heavy atom. The fraction of sp³-hybridized carbons (Fsp3) is 0.333. The minimum atomic E-state index is -0.0141. The van der Waals surface area contributed by atoms with Crippen LogP contribution in [0.5, 0.6) is 0 Å². The summed E-state index contributed by atoms with van der Waals surface area (Å²) in [6.45, 7) is 4.40. The molecule has 1 aromatic heterocycles. The minimum Gasteiger partial charge on any atom is -0.336 e. The topological polar surface area (TPSA) is 38.1 Å². The third kappa shape index (κ3) is 2.85. The largest absolute Gasteiger partial charge is 0.336 e. The number of hydrogen-bond donors (Lipinski definition) is 0. The number of rotatable bonds is 3. The molecule has 0 bridgehead atoms. The maximum absolute atomic E-state index is 12.5. The van der Waals surface area contributed by atoms with E-state index >= 15 is 0 Å². The van der Waals surface area contributed by atoms with Gasteiger partial charge in [-0.15, -0.1) is 0 Å². The summed E-state index contributed by atoms with van der Waals surface area (Å²) < 4.78 is 1.69. The molecule has 106 valence electrons. The van der Waals surface area contributed by atoms with Gasteiger partial charge >= 0.3 is 0 Å². The third-order valence-electron chi connectivity index (χ3n) is 3.36. The van der Waals surface area contributed by atoms with E-state index in [0.29, 0.717) is 11.6 Å². The second kappa shape index (κ2) is 5.67. The first-order valence-electron chi connectivity index (χ1n) is 6.39. The van der Waals surface area contributed by atoms with Crippen molar-refractivity contribution in [3.05, 3.63) is 51.8 Å². The molecule has 0 fully saturated rings. The minimum absolute atomic E-state index is 0.0141. The first-order chi connectivity index (χ1) is 9.40. The van der Waals surface area contributed by atoms with Gasteiger partial charge in [0.1, 0.15) is 0 Å².